The van der Waals surface area contributed by atoms with Gasteiger partial charge in [-0.3, -0.25) is 4.79 Å². The summed E-state index contributed by atoms with van der Waals surface area (Å²) in [6.07, 6.45) is 0. The first-order valence-electron chi connectivity index (χ1n) is 7.52. The molecule has 0 saturated heterocycles. The first kappa shape index (κ1) is 18.6. The monoisotopic (exact) mass is 363 g/mol. The number of ether oxygens (including phenoxy) is 3. The van der Waals surface area contributed by atoms with Crippen molar-refractivity contribution >= 4 is 29.0 Å². The number of Topliss-reactive ketones (excluding diaryl/α,β-unsaturated/α-hetero) is 1. The zero-order valence-corrected chi connectivity index (χ0v) is 14.6. The Kier molecular flexibility index (Phi) is 6.25. The summed E-state index contributed by atoms with van der Waals surface area (Å²) < 4.78 is 15.5. The van der Waals surface area contributed by atoms with Gasteiger partial charge in [-0.15, -0.1) is 0 Å². The third kappa shape index (κ3) is 4.64. The van der Waals surface area contributed by atoms with Crippen LogP contribution in [0.5, 0.6) is 11.5 Å². The minimum atomic E-state index is -0.724. The van der Waals surface area contributed by atoms with Gasteiger partial charge in [0, 0.05) is 11.6 Å². The average molecular weight is 364 g/mol. The zero-order valence-electron chi connectivity index (χ0n) is 13.9. The highest BCUT2D eigenvalue weighted by atomic mass is 35.5. The number of hydrogen-bond acceptors (Lipinski definition) is 6. The second-order valence-electron chi connectivity index (χ2n) is 5.03. The van der Waals surface area contributed by atoms with Crippen molar-refractivity contribution in [1.29, 1.82) is 0 Å². The Balaban J connectivity index is 2.04. The molecular formula is C18H18ClNO5. The van der Waals surface area contributed by atoms with Gasteiger partial charge in [-0.2, -0.15) is 0 Å². The van der Waals surface area contributed by atoms with Crippen LogP contribution in [0, 0.1) is 0 Å². The normalized spacial score (nSPS) is 10.2. The fraction of sp³-hybridized carbons (Fsp3) is 0.222. The van der Waals surface area contributed by atoms with E-state index >= 15 is 0 Å². The van der Waals surface area contributed by atoms with Crippen LogP contribution in [-0.4, -0.2) is 32.1 Å². The number of nitrogen functional groups attached to an aromatic ring is 1. The summed E-state index contributed by atoms with van der Waals surface area (Å²) >= 11 is 5.92. The average Bonchev–Trinajstić information content (AvgIpc) is 2.62. The van der Waals surface area contributed by atoms with E-state index in [9.17, 15) is 9.59 Å². The molecule has 0 aliphatic carbocycles. The maximum absolute atomic E-state index is 12.2. The van der Waals surface area contributed by atoms with Gasteiger partial charge >= 0.3 is 5.97 Å². The standard InChI is InChI=1S/C18H18ClNO5/c1-3-24-12-6-4-11(5-7-12)16(21)10-25-18(22)13-8-14(19)15(20)9-17(13)23-2/h4-9H,3,10,20H2,1-2H3. The second kappa shape index (κ2) is 8.39. The Labute approximate surface area is 150 Å². The molecule has 0 aliphatic rings. The molecule has 6 nitrogen and oxygen atoms in total. The van der Waals surface area contributed by atoms with Gasteiger partial charge in [-0.05, 0) is 37.3 Å². The van der Waals surface area contributed by atoms with Gasteiger partial charge in [0.25, 0.3) is 0 Å². The third-order valence-electron chi connectivity index (χ3n) is 3.36. The van der Waals surface area contributed by atoms with E-state index in [2.05, 4.69) is 0 Å². The highest BCUT2D eigenvalue weighted by Gasteiger charge is 2.18. The van der Waals surface area contributed by atoms with Crippen molar-refractivity contribution in [1.82, 2.24) is 0 Å². The smallest absolute Gasteiger partial charge is 0.342 e. The number of ketones is 1. The van der Waals surface area contributed by atoms with Crippen molar-refractivity contribution in [2.24, 2.45) is 0 Å². The van der Waals surface area contributed by atoms with E-state index < -0.39 is 12.6 Å². The molecule has 0 bridgehead atoms. The number of benzene rings is 2. The molecule has 0 heterocycles. The van der Waals surface area contributed by atoms with Crippen LogP contribution in [0.1, 0.15) is 27.6 Å². The Morgan fingerprint density at radius 2 is 1.84 bits per heavy atom. The molecule has 0 radical (unpaired) electrons. The van der Waals surface area contributed by atoms with Gasteiger partial charge in [0.05, 0.1) is 24.4 Å². The molecule has 0 unspecified atom stereocenters. The Morgan fingerprint density at radius 3 is 2.44 bits per heavy atom. The van der Waals surface area contributed by atoms with Gasteiger partial charge in [-0.25, -0.2) is 4.79 Å². The van der Waals surface area contributed by atoms with Gasteiger partial charge in [0.2, 0.25) is 0 Å². The van der Waals surface area contributed by atoms with Gasteiger partial charge in [-0.1, -0.05) is 11.6 Å². The van der Waals surface area contributed by atoms with Crippen molar-refractivity contribution in [3.8, 4) is 11.5 Å². The maximum atomic E-state index is 12.2. The van der Waals surface area contributed by atoms with Crippen molar-refractivity contribution < 1.29 is 23.8 Å². The number of methoxy groups -OCH3 is 1. The summed E-state index contributed by atoms with van der Waals surface area (Å²) in [5.41, 5.74) is 6.46. The van der Waals surface area contributed by atoms with Crippen molar-refractivity contribution in [3.05, 3.63) is 52.5 Å². The van der Waals surface area contributed by atoms with E-state index in [0.29, 0.717) is 17.9 Å². The quantitative estimate of drug-likeness (QED) is 0.461. The highest BCUT2D eigenvalue weighted by Crippen LogP contribution is 2.29. The fourth-order valence-corrected chi connectivity index (χ4v) is 2.26. The van der Waals surface area contributed by atoms with E-state index in [1.807, 2.05) is 6.92 Å². The molecule has 0 saturated carbocycles. The summed E-state index contributed by atoms with van der Waals surface area (Å²) in [6, 6.07) is 9.36. The predicted molar refractivity (Wildman–Crippen MR) is 94.6 cm³/mol. The topological polar surface area (TPSA) is 87.9 Å². The molecular weight excluding hydrogens is 346 g/mol. The third-order valence-corrected chi connectivity index (χ3v) is 3.69. The summed E-state index contributed by atoms with van der Waals surface area (Å²) in [5, 5.41) is 0.200. The van der Waals surface area contributed by atoms with Crippen molar-refractivity contribution in [2.75, 3.05) is 26.1 Å². The molecule has 2 rings (SSSR count). The lowest BCUT2D eigenvalue weighted by atomic mass is 10.1. The second-order valence-corrected chi connectivity index (χ2v) is 5.44. The predicted octanol–water partition coefficient (Wildman–Crippen LogP) is 3.37. The van der Waals surface area contributed by atoms with E-state index in [4.69, 9.17) is 31.5 Å². The van der Waals surface area contributed by atoms with E-state index in [0.717, 1.165) is 0 Å². The molecule has 25 heavy (non-hydrogen) atoms. The van der Waals surface area contributed by atoms with Gasteiger partial charge in [0.1, 0.15) is 17.1 Å². The fourth-order valence-electron chi connectivity index (χ4n) is 2.09. The molecule has 0 amide bonds. The molecule has 0 aromatic heterocycles. The minimum absolute atomic E-state index is 0.0983. The first-order chi connectivity index (χ1) is 12.0. The molecule has 132 valence electrons. The number of esters is 1. The Bertz CT molecular complexity index is 774. The van der Waals surface area contributed by atoms with Crippen LogP contribution in [0.2, 0.25) is 5.02 Å². The summed E-state index contributed by atoms with van der Waals surface area (Å²) in [4.78, 5) is 24.3. The number of carbonyl (C=O) groups is 2. The lowest BCUT2D eigenvalue weighted by Gasteiger charge is -2.10. The Hall–Kier alpha value is -2.73. The number of nitrogens with two attached hydrogens (primary N) is 1. The minimum Gasteiger partial charge on any atom is -0.496 e. The van der Waals surface area contributed by atoms with Crippen LogP contribution < -0.4 is 15.2 Å². The van der Waals surface area contributed by atoms with Crippen LogP contribution >= 0.6 is 11.6 Å². The lowest BCUT2D eigenvalue weighted by Crippen LogP contribution is -2.15. The van der Waals surface area contributed by atoms with Crippen LogP contribution in [0.4, 0.5) is 5.69 Å². The number of carbonyl (C=O) groups excluding carboxylic acids is 2. The highest BCUT2D eigenvalue weighted by molar-refractivity contribution is 6.33. The van der Waals surface area contributed by atoms with Crippen molar-refractivity contribution in [3.63, 3.8) is 0 Å². The van der Waals surface area contributed by atoms with Crippen LogP contribution in [0.25, 0.3) is 0 Å². The molecule has 7 heteroatoms. The van der Waals surface area contributed by atoms with Crippen LogP contribution in [0.3, 0.4) is 0 Å². The summed E-state index contributed by atoms with van der Waals surface area (Å²) in [6.45, 7) is 2.01. The summed E-state index contributed by atoms with van der Waals surface area (Å²) in [7, 11) is 1.39. The molecule has 2 aromatic rings. The maximum Gasteiger partial charge on any atom is 0.342 e. The largest absolute Gasteiger partial charge is 0.496 e. The molecule has 0 fully saturated rings. The van der Waals surface area contributed by atoms with Gasteiger partial charge in [0.15, 0.2) is 12.4 Å². The summed E-state index contributed by atoms with van der Waals surface area (Å²) in [5.74, 6) is -0.173. The van der Waals surface area contributed by atoms with E-state index in [1.54, 1.807) is 24.3 Å². The van der Waals surface area contributed by atoms with Crippen molar-refractivity contribution in [2.45, 2.75) is 6.92 Å². The number of anilines is 1. The molecule has 2 aromatic carbocycles. The molecule has 2 N–H and O–H groups in total. The zero-order chi connectivity index (χ0) is 18.4. The molecule has 0 spiro atoms. The van der Waals surface area contributed by atoms with Crippen LogP contribution in [0.15, 0.2) is 36.4 Å². The lowest BCUT2D eigenvalue weighted by molar-refractivity contribution is 0.0471. The van der Waals surface area contributed by atoms with E-state index in [1.165, 1.54) is 19.2 Å². The Morgan fingerprint density at radius 1 is 1.16 bits per heavy atom. The van der Waals surface area contributed by atoms with E-state index in [-0.39, 0.29) is 27.8 Å². The number of halogens is 1. The number of hydrogen-bond donors (Lipinski definition) is 1. The number of rotatable bonds is 7. The SMILES string of the molecule is CCOc1ccc(C(=O)COC(=O)c2cc(Cl)c(N)cc2OC)cc1. The molecule has 0 atom stereocenters. The van der Waals surface area contributed by atoms with Gasteiger partial charge < -0.3 is 19.9 Å². The van der Waals surface area contributed by atoms with Crippen LogP contribution in [-0.2, 0) is 4.74 Å². The first-order valence-corrected chi connectivity index (χ1v) is 7.90. The molecule has 0 aliphatic heterocycles.